The molecular formula is C23H23NO4. The van der Waals surface area contributed by atoms with Crippen LogP contribution in [0, 0.1) is 6.92 Å². The van der Waals surface area contributed by atoms with Crippen LogP contribution in [0.15, 0.2) is 60.7 Å². The van der Waals surface area contributed by atoms with Gasteiger partial charge in [0.15, 0.2) is 5.78 Å². The van der Waals surface area contributed by atoms with Crippen molar-refractivity contribution < 1.29 is 19.4 Å². The summed E-state index contributed by atoms with van der Waals surface area (Å²) in [6.45, 7) is 3.80. The van der Waals surface area contributed by atoms with Crippen LogP contribution in [0.2, 0.25) is 0 Å². The van der Waals surface area contributed by atoms with E-state index in [2.05, 4.69) is 0 Å². The molecule has 0 radical (unpaired) electrons. The fraction of sp³-hybridized carbons (Fsp3) is 0.174. The van der Waals surface area contributed by atoms with Gasteiger partial charge in [-0.3, -0.25) is 4.79 Å². The number of carbonyl (C=O) groups is 1. The fourth-order valence-corrected chi connectivity index (χ4v) is 2.79. The molecule has 144 valence electrons. The number of hydrogen-bond acceptors (Lipinski definition) is 5. The second kappa shape index (κ2) is 8.48. The molecule has 3 aromatic rings. The number of Topliss-reactive ketones (excluding diaryl/α,β-unsaturated/α-hetero) is 1. The third kappa shape index (κ3) is 4.43. The molecule has 28 heavy (non-hydrogen) atoms. The van der Waals surface area contributed by atoms with Gasteiger partial charge in [0.05, 0.1) is 5.56 Å². The van der Waals surface area contributed by atoms with Crippen LogP contribution in [0.25, 0.3) is 0 Å². The molecule has 0 fully saturated rings. The minimum absolute atomic E-state index is 0.0233. The summed E-state index contributed by atoms with van der Waals surface area (Å²) in [7, 11) is 0. The third-order valence-corrected chi connectivity index (χ3v) is 4.41. The molecule has 0 aliphatic heterocycles. The summed E-state index contributed by atoms with van der Waals surface area (Å²) in [5, 5.41) is 10.3. The van der Waals surface area contributed by atoms with Crippen LogP contribution in [0.3, 0.4) is 0 Å². The van der Waals surface area contributed by atoms with Crippen LogP contribution in [0.4, 0.5) is 5.69 Å². The average Bonchev–Trinajstić information content (AvgIpc) is 2.70. The molecule has 0 atom stereocenters. The van der Waals surface area contributed by atoms with Crippen molar-refractivity contribution >= 4 is 11.5 Å². The standard InChI is InChI=1S/C23H23NO4/c1-3-21(25)20-11-12-22(15(2)23(20)26)27-14-16-5-4-6-19(13-16)28-18-9-7-17(24)8-10-18/h4-13,26H,3,14,24H2,1-2H3. The van der Waals surface area contributed by atoms with Crippen LogP contribution < -0.4 is 15.2 Å². The Labute approximate surface area is 164 Å². The van der Waals surface area contributed by atoms with Gasteiger partial charge in [0.1, 0.15) is 29.6 Å². The Hall–Kier alpha value is -3.47. The predicted octanol–water partition coefficient (Wildman–Crippen LogP) is 5.25. The number of ketones is 1. The van der Waals surface area contributed by atoms with Gasteiger partial charge >= 0.3 is 0 Å². The lowest BCUT2D eigenvalue weighted by atomic mass is 10.0. The number of rotatable bonds is 7. The first-order chi connectivity index (χ1) is 13.5. The van der Waals surface area contributed by atoms with Crippen LogP contribution >= 0.6 is 0 Å². The van der Waals surface area contributed by atoms with Crippen LogP contribution in [-0.4, -0.2) is 10.9 Å². The van der Waals surface area contributed by atoms with E-state index >= 15 is 0 Å². The maximum atomic E-state index is 11.9. The molecule has 0 heterocycles. The van der Waals surface area contributed by atoms with E-state index < -0.39 is 0 Å². The highest BCUT2D eigenvalue weighted by atomic mass is 16.5. The molecule has 3 rings (SSSR count). The lowest BCUT2D eigenvalue weighted by Crippen LogP contribution is -2.01. The van der Waals surface area contributed by atoms with Gasteiger partial charge in [-0.2, -0.15) is 0 Å². The van der Waals surface area contributed by atoms with E-state index in [1.54, 1.807) is 38.1 Å². The number of anilines is 1. The Balaban J connectivity index is 1.70. The van der Waals surface area contributed by atoms with Gasteiger partial charge in [-0.15, -0.1) is 0 Å². The van der Waals surface area contributed by atoms with Gasteiger partial charge in [-0.05, 0) is 61.0 Å². The number of nitrogens with two attached hydrogens (primary N) is 1. The van der Waals surface area contributed by atoms with Crippen LogP contribution in [0.1, 0.15) is 34.8 Å². The molecule has 0 aliphatic rings. The van der Waals surface area contributed by atoms with Gasteiger partial charge in [-0.1, -0.05) is 19.1 Å². The molecule has 0 aromatic heterocycles. The second-order valence-electron chi connectivity index (χ2n) is 6.47. The second-order valence-corrected chi connectivity index (χ2v) is 6.47. The number of benzene rings is 3. The Morgan fingerprint density at radius 2 is 1.79 bits per heavy atom. The predicted molar refractivity (Wildman–Crippen MR) is 109 cm³/mol. The first-order valence-corrected chi connectivity index (χ1v) is 9.09. The highest BCUT2D eigenvalue weighted by Gasteiger charge is 2.14. The first-order valence-electron chi connectivity index (χ1n) is 9.09. The average molecular weight is 377 g/mol. The maximum Gasteiger partial charge on any atom is 0.166 e. The number of phenolic OH excluding ortho intramolecular Hbond substituents is 1. The molecule has 0 unspecified atom stereocenters. The Morgan fingerprint density at radius 3 is 2.50 bits per heavy atom. The number of ether oxygens (including phenoxy) is 2. The van der Waals surface area contributed by atoms with Crippen LogP contribution in [0.5, 0.6) is 23.0 Å². The van der Waals surface area contributed by atoms with Crippen molar-refractivity contribution in [3.05, 3.63) is 77.4 Å². The van der Waals surface area contributed by atoms with Gasteiger partial charge < -0.3 is 20.3 Å². The summed E-state index contributed by atoms with van der Waals surface area (Å²) in [4.78, 5) is 11.9. The first kappa shape index (κ1) is 19.3. The number of hydrogen-bond donors (Lipinski definition) is 2. The monoisotopic (exact) mass is 377 g/mol. The van der Waals surface area contributed by atoms with E-state index in [1.807, 2.05) is 36.4 Å². The molecule has 3 N–H and O–H groups in total. The van der Waals surface area contributed by atoms with Crippen molar-refractivity contribution in [1.29, 1.82) is 0 Å². The highest BCUT2D eigenvalue weighted by molar-refractivity contribution is 5.99. The number of aromatic hydroxyl groups is 1. The minimum atomic E-state index is -0.0975. The molecule has 0 saturated heterocycles. The topological polar surface area (TPSA) is 81.8 Å². The van der Waals surface area contributed by atoms with E-state index in [-0.39, 0.29) is 11.5 Å². The smallest absolute Gasteiger partial charge is 0.166 e. The lowest BCUT2D eigenvalue weighted by molar-refractivity contribution is 0.0985. The van der Waals surface area contributed by atoms with Gasteiger partial charge in [-0.25, -0.2) is 0 Å². The molecule has 0 bridgehead atoms. The zero-order valence-electron chi connectivity index (χ0n) is 15.9. The molecule has 5 heteroatoms. The normalized spacial score (nSPS) is 10.5. The Morgan fingerprint density at radius 1 is 1.04 bits per heavy atom. The van der Waals surface area contributed by atoms with E-state index in [4.69, 9.17) is 15.2 Å². The lowest BCUT2D eigenvalue weighted by Gasteiger charge is -2.13. The summed E-state index contributed by atoms with van der Waals surface area (Å²) >= 11 is 0. The zero-order chi connectivity index (χ0) is 20.1. The van der Waals surface area contributed by atoms with Gasteiger partial charge in [0.25, 0.3) is 0 Å². The summed E-state index contributed by atoms with van der Waals surface area (Å²) in [5.74, 6) is 1.80. The largest absolute Gasteiger partial charge is 0.507 e. The Kier molecular flexibility index (Phi) is 5.84. The van der Waals surface area contributed by atoms with E-state index in [0.717, 1.165) is 5.56 Å². The van der Waals surface area contributed by atoms with E-state index in [1.165, 1.54) is 0 Å². The molecule has 5 nitrogen and oxygen atoms in total. The summed E-state index contributed by atoms with van der Waals surface area (Å²) in [6, 6.07) is 18.1. The van der Waals surface area contributed by atoms with E-state index in [0.29, 0.717) is 47.1 Å². The number of carbonyl (C=O) groups excluding carboxylic acids is 1. The van der Waals surface area contributed by atoms with Crippen molar-refractivity contribution in [2.45, 2.75) is 26.9 Å². The summed E-state index contributed by atoms with van der Waals surface area (Å²) < 4.78 is 11.7. The van der Waals surface area contributed by atoms with E-state index in [9.17, 15) is 9.90 Å². The molecule has 0 amide bonds. The summed E-state index contributed by atoms with van der Waals surface area (Å²) in [6.07, 6.45) is 0.341. The molecule has 0 saturated carbocycles. The molecule has 0 aliphatic carbocycles. The van der Waals surface area contributed by atoms with Gasteiger partial charge in [0, 0.05) is 17.7 Å². The molecule has 3 aromatic carbocycles. The molecule has 0 spiro atoms. The zero-order valence-corrected chi connectivity index (χ0v) is 15.9. The van der Waals surface area contributed by atoms with Crippen molar-refractivity contribution in [2.75, 3.05) is 5.73 Å². The Bertz CT molecular complexity index is 980. The minimum Gasteiger partial charge on any atom is -0.507 e. The van der Waals surface area contributed by atoms with Crippen molar-refractivity contribution in [3.8, 4) is 23.0 Å². The highest BCUT2D eigenvalue weighted by Crippen LogP contribution is 2.32. The quantitative estimate of drug-likeness (QED) is 0.434. The van der Waals surface area contributed by atoms with Crippen molar-refractivity contribution in [3.63, 3.8) is 0 Å². The SMILES string of the molecule is CCC(=O)c1ccc(OCc2cccc(Oc3ccc(N)cc3)c2)c(C)c1O. The summed E-state index contributed by atoms with van der Waals surface area (Å²) in [5.41, 5.74) is 8.16. The molecular weight excluding hydrogens is 354 g/mol. The van der Waals surface area contributed by atoms with Crippen LogP contribution in [-0.2, 0) is 6.61 Å². The van der Waals surface area contributed by atoms with Gasteiger partial charge in [0.2, 0.25) is 0 Å². The van der Waals surface area contributed by atoms with Crippen molar-refractivity contribution in [2.24, 2.45) is 0 Å². The number of phenols is 1. The third-order valence-electron chi connectivity index (χ3n) is 4.41. The fourth-order valence-electron chi connectivity index (χ4n) is 2.79. The van der Waals surface area contributed by atoms with Crippen molar-refractivity contribution in [1.82, 2.24) is 0 Å². The maximum absolute atomic E-state index is 11.9. The number of nitrogen functional groups attached to an aromatic ring is 1.